The zero-order chi connectivity index (χ0) is 20.9. The summed E-state index contributed by atoms with van der Waals surface area (Å²) in [6, 6.07) is 11.4. The number of ether oxygens (including phenoxy) is 1. The van der Waals surface area contributed by atoms with E-state index in [1.165, 1.54) is 4.90 Å². The van der Waals surface area contributed by atoms with Gasteiger partial charge >= 0.3 is 6.09 Å². The fraction of sp³-hybridized carbons (Fsp3) is 0.571. The standard InChI is InChI=1S/C21H30N2O4Si/c1-21(2,3)28(4,5)27-18(12-9-13-22)19(24)23-17(15-26-20(23)25)14-16-10-7-6-8-11-16/h6-8,10-11,17-18H,9,12,14-15H2,1-5H3/t17-,18+/m1/s1. The molecule has 1 fully saturated rings. The van der Waals surface area contributed by atoms with Crippen LogP contribution in [-0.2, 0) is 20.4 Å². The fourth-order valence-corrected chi connectivity index (χ4v) is 4.17. The van der Waals surface area contributed by atoms with Crippen LogP contribution in [0.5, 0.6) is 0 Å². The number of hydrogen-bond acceptors (Lipinski definition) is 5. The predicted molar refractivity (Wildman–Crippen MR) is 109 cm³/mol. The molecule has 1 aliphatic rings. The fourth-order valence-electron chi connectivity index (χ4n) is 2.88. The third kappa shape index (κ3) is 5.21. The first-order chi connectivity index (χ1) is 13.1. The van der Waals surface area contributed by atoms with Crippen LogP contribution >= 0.6 is 0 Å². The molecule has 1 aromatic rings. The van der Waals surface area contributed by atoms with Gasteiger partial charge in [-0.15, -0.1) is 0 Å². The second-order valence-corrected chi connectivity index (χ2v) is 13.4. The van der Waals surface area contributed by atoms with E-state index in [1.54, 1.807) is 0 Å². The predicted octanol–water partition coefficient (Wildman–Crippen LogP) is 4.27. The molecule has 0 aliphatic carbocycles. The highest BCUT2D eigenvalue weighted by Crippen LogP contribution is 2.38. The van der Waals surface area contributed by atoms with Gasteiger partial charge in [-0.05, 0) is 36.5 Å². The summed E-state index contributed by atoms with van der Waals surface area (Å²) in [4.78, 5) is 26.8. The van der Waals surface area contributed by atoms with Gasteiger partial charge in [0.2, 0.25) is 0 Å². The lowest BCUT2D eigenvalue weighted by Gasteiger charge is -2.39. The monoisotopic (exact) mass is 402 g/mol. The van der Waals surface area contributed by atoms with Crippen molar-refractivity contribution in [2.45, 2.75) is 70.3 Å². The highest BCUT2D eigenvalue weighted by Gasteiger charge is 2.45. The Hall–Kier alpha value is -2.17. The smallest absolute Gasteiger partial charge is 0.417 e. The number of carbonyl (C=O) groups excluding carboxylic acids is 2. The second-order valence-electron chi connectivity index (χ2n) is 8.69. The Morgan fingerprint density at radius 3 is 2.57 bits per heavy atom. The Bertz CT molecular complexity index is 737. The van der Waals surface area contributed by atoms with Crippen LogP contribution < -0.4 is 0 Å². The average molecular weight is 403 g/mol. The molecule has 7 heteroatoms. The van der Waals surface area contributed by atoms with Crippen molar-refractivity contribution in [3.8, 4) is 6.07 Å². The lowest BCUT2D eigenvalue weighted by molar-refractivity contribution is -0.137. The minimum atomic E-state index is -2.26. The van der Waals surface area contributed by atoms with Crippen LogP contribution in [0.2, 0.25) is 18.1 Å². The number of cyclic esters (lactones) is 1. The molecule has 0 radical (unpaired) electrons. The van der Waals surface area contributed by atoms with Crippen molar-refractivity contribution < 1.29 is 18.8 Å². The lowest BCUT2D eigenvalue weighted by Crippen LogP contribution is -2.52. The third-order valence-electron chi connectivity index (χ3n) is 5.55. The van der Waals surface area contributed by atoms with Gasteiger partial charge < -0.3 is 9.16 Å². The molecule has 0 bridgehead atoms. The van der Waals surface area contributed by atoms with Crippen molar-refractivity contribution in [2.75, 3.05) is 6.61 Å². The van der Waals surface area contributed by atoms with Crippen LogP contribution in [0.1, 0.15) is 39.2 Å². The van der Waals surface area contributed by atoms with Crippen molar-refractivity contribution >= 4 is 20.3 Å². The summed E-state index contributed by atoms with van der Waals surface area (Å²) in [5, 5.41) is 8.92. The largest absolute Gasteiger partial charge is 0.447 e. The molecule has 28 heavy (non-hydrogen) atoms. The van der Waals surface area contributed by atoms with Gasteiger partial charge in [0.05, 0.1) is 12.1 Å². The number of carbonyl (C=O) groups is 2. The van der Waals surface area contributed by atoms with Gasteiger partial charge in [0.1, 0.15) is 12.7 Å². The molecule has 1 aromatic carbocycles. The summed E-state index contributed by atoms with van der Waals surface area (Å²) in [5.74, 6) is -0.400. The Labute approximate surface area is 168 Å². The van der Waals surface area contributed by atoms with E-state index in [-0.39, 0.29) is 30.5 Å². The summed E-state index contributed by atoms with van der Waals surface area (Å²) in [6.07, 6.45) is -0.458. The summed E-state index contributed by atoms with van der Waals surface area (Å²) in [5.41, 5.74) is 1.03. The van der Waals surface area contributed by atoms with Crippen molar-refractivity contribution in [3.05, 3.63) is 35.9 Å². The molecule has 2 rings (SSSR count). The van der Waals surface area contributed by atoms with Crippen LogP contribution in [0.15, 0.2) is 30.3 Å². The first-order valence-electron chi connectivity index (χ1n) is 9.65. The van der Waals surface area contributed by atoms with Gasteiger partial charge in [-0.2, -0.15) is 5.26 Å². The van der Waals surface area contributed by atoms with Crippen LogP contribution in [0.25, 0.3) is 0 Å². The molecule has 2 amide bonds. The normalized spacial score (nSPS) is 18.5. The molecule has 1 aliphatic heterocycles. The number of nitriles is 1. The van der Waals surface area contributed by atoms with Gasteiger partial charge in [-0.1, -0.05) is 51.1 Å². The molecule has 2 atom stereocenters. The molecular weight excluding hydrogens is 372 g/mol. The van der Waals surface area contributed by atoms with E-state index < -0.39 is 26.4 Å². The molecule has 152 valence electrons. The van der Waals surface area contributed by atoms with Gasteiger partial charge in [0.25, 0.3) is 5.91 Å². The third-order valence-corrected chi connectivity index (χ3v) is 10.0. The van der Waals surface area contributed by atoms with E-state index in [1.807, 2.05) is 30.3 Å². The summed E-state index contributed by atoms with van der Waals surface area (Å²) >= 11 is 0. The molecule has 0 spiro atoms. The summed E-state index contributed by atoms with van der Waals surface area (Å²) in [7, 11) is -2.26. The van der Waals surface area contributed by atoms with Crippen LogP contribution in [0.3, 0.4) is 0 Å². The van der Waals surface area contributed by atoms with E-state index in [4.69, 9.17) is 14.4 Å². The van der Waals surface area contributed by atoms with Crippen molar-refractivity contribution in [3.63, 3.8) is 0 Å². The highest BCUT2D eigenvalue weighted by atomic mass is 28.4. The molecule has 6 nitrogen and oxygen atoms in total. The van der Waals surface area contributed by atoms with Crippen molar-refractivity contribution in [1.82, 2.24) is 4.90 Å². The average Bonchev–Trinajstić information content (AvgIpc) is 2.98. The first-order valence-corrected chi connectivity index (χ1v) is 12.6. The Kier molecular flexibility index (Phi) is 7.02. The Morgan fingerprint density at radius 2 is 2.00 bits per heavy atom. The Morgan fingerprint density at radius 1 is 1.36 bits per heavy atom. The van der Waals surface area contributed by atoms with Crippen molar-refractivity contribution in [2.24, 2.45) is 0 Å². The minimum Gasteiger partial charge on any atom is -0.447 e. The minimum absolute atomic E-state index is 0.0901. The molecule has 1 saturated heterocycles. The van der Waals surface area contributed by atoms with E-state index >= 15 is 0 Å². The number of amides is 2. The molecular formula is C21H30N2O4Si. The molecule has 1 heterocycles. The van der Waals surface area contributed by atoms with Crippen LogP contribution in [0.4, 0.5) is 4.79 Å². The van der Waals surface area contributed by atoms with Gasteiger partial charge in [0, 0.05) is 6.42 Å². The molecule has 0 saturated carbocycles. The molecule has 0 unspecified atom stereocenters. The van der Waals surface area contributed by atoms with Crippen molar-refractivity contribution in [1.29, 1.82) is 5.26 Å². The summed E-state index contributed by atoms with van der Waals surface area (Å²) in [6.45, 7) is 10.6. The Balaban J connectivity index is 2.22. The lowest BCUT2D eigenvalue weighted by atomic mass is 10.0. The van der Waals surface area contributed by atoms with E-state index in [9.17, 15) is 9.59 Å². The number of rotatable bonds is 7. The molecule has 0 aromatic heterocycles. The van der Waals surface area contributed by atoms with E-state index in [0.717, 1.165) is 5.56 Å². The zero-order valence-corrected chi connectivity index (χ0v) is 18.4. The number of benzene rings is 1. The number of imide groups is 1. The second kappa shape index (κ2) is 8.89. The maximum atomic E-state index is 13.3. The van der Waals surface area contributed by atoms with Gasteiger partial charge in [0.15, 0.2) is 8.32 Å². The highest BCUT2D eigenvalue weighted by molar-refractivity contribution is 6.74. The van der Waals surface area contributed by atoms with Crippen LogP contribution in [-0.4, -0.2) is 44.0 Å². The number of nitrogens with zero attached hydrogens (tertiary/aromatic N) is 2. The summed E-state index contributed by atoms with van der Waals surface area (Å²) < 4.78 is 11.5. The zero-order valence-electron chi connectivity index (χ0n) is 17.4. The number of hydrogen-bond donors (Lipinski definition) is 0. The molecule has 0 N–H and O–H groups in total. The SMILES string of the molecule is CC(C)(C)[Si](C)(C)O[C@@H](CCC#N)C(=O)N1C(=O)OC[C@H]1Cc1ccccc1. The maximum absolute atomic E-state index is 13.3. The quantitative estimate of drug-likeness (QED) is 0.636. The van der Waals surface area contributed by atoms with E-state index in [0.29, 0.717) is 6.42 Å². The van der Waals surface area contributed by atoms with Gasteiger partial charge in [-0.25, -0.2) is 9.69 Å². The van der Waals surface area contributed by atoms with E-state index in [2.05, 4.69) is 39.9 Å². The van der Waals surface area contributed by atoms with Gasteiger partial charge in [-0.3, -0.25) is 4.79 Å². The maximum Gasteiger partial charge on any atom is 0.417 e. The first kappa shape index (κ1) is 22.1. The topological polar surface area (TPSA) is 79.6 Å². The van der Waals surface area contributed by atoms with Crippen LogP contribution in [0, 0.1) is 11.3 Å².